The van der Waals surface area contributed by atoms with Crippen LogP contribution in [0.5, 0.6) is 5.88 Å². The number of hydrogen-bond acceptors (Lipinski definition) is 6. The standard InChI is InChI=1S/C20H21N3OS.C2HF3O2/c1-23-15-3-4-16(23)12-17(11-15)24-20-7-5-18(21-22-20)13-2-6-19-14(10-13)8-9-25-19;3-2(4,5)1(6)7/h2,5-10,15-17H,3-4,11-12H2,1H3;(H,6,7)/t15-,16+,17?;. The first-order chi connectivity index (χ1) is 15.2. The van der Waals surface area contributed by atoms with Gasteiger partial charge in [-0.2, -0.15) is 13.2 Å². The summed E-state index contributed by atoms with van der Waals surface area (Å²) in [6.07, 6.45) is 0.000189. The average Bonchev–Trinajstić information content (AvgIpc) is 3.28. The van der Waals surface area contributed by atoms with Crippen LogP contribution in [0.3, 0.4) is 0 Å². The van der Waals surface area contributed by atoms with Gasteiger partial charge in [0.2, 0.25) is 5.88 Å². The summed E-state index contributed by atoms with van der Waals surface area (Å²) in [5.74, 6) is -2.11. The van der Waals surface area contributed by atoms with Crippen molar-refractivity contribution in [2.75, 3.05) is 7.05 Å². The molecule has 0 spiro atoms. The fourth-order valence-electron chi connectivity index (χ4n) is 4.29. The Labute approximate surface area is 186 Å². The maximum atomic E-state index is 10.6. The minimum absolute atomic E-state index is 0.274. The van der Waals surface area contributed by atoms with Crippen LogP contribution in [-0.4, -0.2) is 57.6 Å². The van der Waals surface area contributed by atoms with Gasteiger partial charge in [-0.1, -0.05) is 6.07 Å². The highest BCUT2D eigenvalue weighted by Gasteiger charge is 2.39. The molecule has 2 bridgehead atoms. The van der Waals surface area contributed by atoms with Crippen molar-refractivity contribution in [1.29, 1.82) is 0 Å². The number of hydrogen-bond donors (Lipinski definition) is 1. The van der Waals surface area contributed by atoms with Crippen LogP contribution in [0.25, 0.3) is 21.3 Å². The van der Waals surface area contributed by atoms with E-state index in [0.717, 1.165) is 24.1 Å². The Kier molecular flexibility index (Phi) is 6.34. The number of nitrogens with zero attached hydrogens (tertiary/aromatic N) is 3. The monoisotopic (exact) mass is 465 g/mol. The molecule has 170 valence electrons. The number of aromatic nitrogens is 2. The van der Waals surface area contributed by atoms with Crippen molar-refractivity contribution in [3.05, 3.63) is 41.8 Å². The Balaban J connectivity index is 0.000000307. The zero-order valence-electron chi connectivity index (χ0n) is 17.2. The zero-order valence-corrected chi connectivity index (χ0v) is 18.1. The largest absolute Gasteiger partial charge is 0.490 e. The van der Waals surface area contributed by atoms with Crippen molar-refractivity contribution in [1.82, 2.24) is 15.1 Å². The molecule has 32 heavy (non-hydrogen) atoms. The lowest BCUT2D eigenvalue weighted by Crippen LogP contribution is -2.43. The number of halogens is 3. The van der Waals surface area contributed by atoms with E-state index in [1.165, 1.54) is 22.9 Å². The van der Waals surface area contributed by atoms with E-state index in [-0.39, 0.29) is 6.10 Å². The number of benzene rings is 1. The highest BCUT2D eigenvalue weighted by Crippen LogP contribution is 2.35. The van der Waals surface area contributed by atoms with E-state index in [4.69, 9.17) is 14.6 Å². The van der Waals surface area contributed by atoms with Crippen LogP contribution in [0.2, 0.25) is 0 Å². The Hall–Kier alpha value is -2.72. The van der Waals surface area contributed by atoms with Gasteiger partial charge in [0, 0.05) is 28.4 Å². The third-order valence-corrected chi connectivity index (χ3v) is 6.87. The van der Waals surface area contributed by atoms with Crippen LogP contribution in [0.15, 0.2) is 41.8 Å². The molecule has 1 N–H and O–H groups in total. The van der Waals surface area contributed by atoms with E-state index in [2.05, 4.69) is 51.8 Å². The first-order valence-corrected chi connectivity index (χ1v) is 11.1. The molecule has 0 radical (unpaired) electrons. The first-order valence-electron chi connectivity index (χ1n) is 10.2. The van der Waals surface area contributed by atoms with Gasteiger partial charge in [0.15, 0.2) is 0 Å². The average molecular weight is 465 g/mol. The van der Waals surface area contributed by atoms with Crippen molar-refractivity contribution in [3.63, 3.8) is 0 Å². The van der Waals surface area contributed by atoms with Gasteiger partial charge < -0.3 is 14.7 Å². The minimum Gasteiger partial charge on any atom is -0.475 e. The van der Waals surface area contributed by atoms with Gasteiger partial charge in [-0.3, -0.25) is 0 Å². The topological polar surface area (TPSA) is 75.5 Å². The van der Waals surface area contributed by atoms with Crippen LogP contribution < -0.4 is 4.74 Å². The van der Waals surface area contributed by atoms with Gasteiger partial charge in [-0.25, -0.2) is 4.79 Å². The van der Waals surface area contributed by atoms with Crippen molar-refractivity contribution < 1.29 is 27.8 Å². The van der Waals surface area contributed by atoms with Crippen molar-refractivity contribution in [2.45, 2.75) is 50.0 Å². The molecule has 4 heterocycles. The molecular weight excluding hydrogens is 443 g/mol. The van der Waals surface area contributed by atoms with Gasteiger partial charge in [0.25, 0.3) is 0 Å². The van der Waals surface area contributed by atoms with Crippen LogP contribution in [0, 0.1) is 0 Å². The maximum Gasteiger partial charge on any atom is 0.490 e. The molecule has 0 saturated carbocycles. The number of carboxylic acids is 1. The number of thiophene rings is 1. The third-order valence-electron chi connectivity index (χ3n) is 5.97. The van der Waals surface area contributed by atoms with Gasteiger partial charge >= 0.3 is 12.1 Å². The SMILES string of the molecule is CN1[C@@H]2CC[C@H]1CC(Oc1ccc(-c3ccc4sccc4c3)nn1)C2.O=C(O)C(F)(F)F. The van der Waals surface area contributed by atoms with Gasteiger partial charge in [0.05, 0.1) is 5.69 Å². The van der Waals surface area contributed by atoms with Gasteiger partial charge in [-0.05, 0) is 67.8 Å². The van der Waals surface area contributed by atoms with E-state index in [1.54, 1.807) is 11.3 Å². The molecule has 2 aliphatic rings. The summed E-state index contributed by atoms with van der Waals surface area (Å²) < 4.78 is 39.2. The first kappa shape index (κ1) is 22.5. The second kappa shape index (κ2) is 9.03. The van der Waals surface area contributed by atoms with E-state index < -0.39 is 12.1 Å². The number of rotatable bonds is 3. The molecule has 2 aromatic heterocycles. The summed E-state index contributed by atoms with van der Waals surface area (Å²) in [5.41, 5.74) is 1.99. The van der Waals surface area contributed by atoms with E-state index in [9.17, 15) is 13.2 Å². The quantitative estimate of drug-likeness (QED) is 0.587. The second-order valence-electron chi connectivity index (χ2n) is 7.99. The summed E-state index contributed by atoms with van der Waals surface area (Å²) in [6.45, 7) is 0. The fourth-order valence-corrected chi connectivity index (χ4v) is 5.06. The smallest absolute Gasteiger partial charge is 0.475 e. The Morgan fingerprint density at radius 3 is 2.41 bits per heavy atom. The Morgan fingerprint density at radius 1 is 1.12 bits per heavy atom. The van der Waals surface area contributed by atoms with Crippen LogP contribution in [-0.2, 0) is 4.79 Å². The predicted molar refractivity (Wildman–Crippen MR) is 115 cm³/mol. The van der Waals surface area contributed by atoms with Crippen LogP contribution in [0.4, 0.5) is 13.2 Å². The summed E-state index contributed by atoms with van der Waals surface area (Å²) >= 11 is 1.76. The lowest BCUT2D eigenvalue weighted by molar-refractivity contribution is -0.192. The summed E-state index contributed by atoms with van der Waals surface area (Å²) in [5, 5.41) is 19.2. The third kappa shape index (κ3) is 5.02. The normalized spacial score (nSPS) is 22.9. The van der Waals surface area contributed by atoms with Crippen molar-refractivity contribution in [2.24, 2.45) is 0 Å². The lowest BCUT2D eigenvalue weighted by atomic mass is 10.0. The summed E-state index contributed by atoms with van der Waals surface area (Å²) in [7, 11) is 2.25. The highest BCUT2D eigenvalue weighted by molar-refractivity contribution is 7.17. The van der Waals surface area contributed by atoms with E-state index in [0.29, 0.717) is 18.0 Å². The number of carboxylic acid groups (broad SMARTS) is 1. The Morgan fingerprint density at radius 2 is 1.81 bits per heavy atom. The number of aliphatic carboxylic acids is 1. The van der Waals surface area contributed by atoms with Crippen LogP contribution in [0.1, 0.15) is 25.7 Å². The fraction of sp³-hybridized carbons (Fsp3) is 0.409. The molecule has 0 amide bonds. The van der Waals surface area contributed by atoms with Crippen molar-refractivity contribution in [3.8, 4) is 17.1 Å². The number of carbonyl (C=O) groups is 1. The van der Waals surface area contributed by atoms with E-state index in [1.807, 2.05) is 12.1 Å². The lowest BCUT2D eigenvalue weighted by Gasteiger charge is -2.35. The van der Waals surface area contributed by atoms with Gasteiger partial charge in [0.1, 0.15) is 6.10 Å². The van der Waals surface area contributed by atoms with Crippen molar-refractivity contribution >= 4 is 27.4 Å². The molecule has 6 nitrogen and oxygen atoms in total. The minimum atomic E-state index is -5.08. The molecule has 2 fully saturated rings. The van der Waals surface area contributed by atoms with E-state index >= 15 is 0 Å². The summed E-state index contributed by atoms with van der Waals surface area (Å²) in [6, 6.07) is 13.9. The molecule has 1 aromatic carbocycles. The summed E-state index contributed by atoms with van der Waals surface area (Å²) in [4.78, 5) is 11.4. The molecule has 10 heteroatoms. The highest BCUT2D eigenvalue weighted by atomic mass is 32.1. The number of alkyl halides is 3. The van der Waals surface area contributed by atoms with Gasteiger partial charge in [-0.15, -0.1) is 21.5 Å². The predicted octanol–water partition coefficient (Wildman–Crippen LogP) is 5.00. The molecule has 2 saturated heterocycles. The molecular formula is C22H22F3N3O3S. The Bertz CT molecular complexity index is 1070. The number of ether oxygens (including phenoxy) is 1. The molecule has 5 rings (SSSR count). The number of fused-ring (bicyclic) bond motifs is 3. The maximum absolute atomic E-state index is 10.6. The zero-order chi connectivity index (χ0) is 22.9. The molecule has 1 unspecified atom stereocenters. The second-order valence-corrected chi connectivity index (χ2v) is 8.94. The number of piperidine rings is 1. The molecule has 3 atom stereocenters. The molecule has 0 aliphatic carbocycles. The van der Waals surface area contributed by atoms with Crippen LogP contribution >= 0.6 is 11.3 Å². The molecule has 2 aliphatic heterocycles. The molecule has 3 aromatic rings.